The summed E-state index contributed by atoms with van der Waals surface area (Å²) in [6.45, 7) is 9.31. The van der Waals surface area contributed by atoms with E-state index < -0.39 is 0 Å². The Morgan fingerprint density at radius 3 is 1.47 bits per heavy atom. The zero-order valence-electron chi connectivity index (χ0n) is 22.5. The van der Waals surface area contributed by atoms with Crippen LogP contribution in [0.3, 0.4) is 0 Å². The molecule has 0 saturated heterocycles. The topological polar surface area (TPSA) is 8.81 Å². The molecule has 0 aliphatic rings. The van der Waals surface area contributed by atoms with Crippen LogP contribution in [0, 0.1) is 0 Å². The molecule has 0 atom stereocenters. The van der Waals surface area contributed by atoms with Gasteiger partial charge in [-0.15, -0.1) is 0 Å². The zero-order valence-corrected chi connectivity index (χ0v) is 22.5. The molecule has 1 aromatic heterocycles. The van der Waals surface area contributed by atoms with Crippen LogP contribution in [0.15, 0.2) is 12.4 Å². The predicted octanol–water partition coefficient (Wildman–Crippen LogP) is 9.57. The van der Waals surface area contributed by atoms with Crippen molar-refractivity contribution in [3.05, 3.63) is 18.2 Å². The lowest BCUT2D eigenvalue weighted by atomic mass is 10.0. The highest BCUT2D eigenvalue weighted by atomic mass is 15.1. The summed E-state index contributed by atoms with van der Waals surface area (Å²) in [5.74, 6) is 1.58. The SMILES string of the molecule is CCCCCCCCCCCCCCCCCCc1n(CCCC)cc[n+]1CCCCC. The van der Waals surface area contributed by atoms with Crippen molar-refractivity contribution in [1.29, 1.82) is 0 Å². The van der Waals surface area contributed by atoms with Crippen LogP contribution >= 0.6 is 0 Å². The van der Waals surface area contributed by atoms with Crippen LogP contribution in [0.5, 0.6) is 0 Å². The van der Waals surface area contributed by atoms with Gasteiger partial charge in [0.2, 0.25) is 0 Å². The molecule has 0 aliphatic carbocycles. The van der Waals surface area contributed by atoms with Gasteiger partial charge >= 0.3 is 0 Å². The monoisotopic (exact) mass is 447 g/mol. The summed E-state index contributed by atoms with van der Waals surface area (Å²) < 4.78 is 5.09. The van der Waals surface area contributed by atoms with Gasteiger partial charge in [0.15, 0.2) is 0 Å². The molecular formula is C30H59N2+. The molecule has 0 saturated carbocycles. The summed E-state index contributed by atoms with van der Waals surface area (Å²) in [4.78, 5) is 0. The summed E-state index contributed by atoms with van der Waals surface area (Å²) in [6, 6.07) is 0. The molecule has 0 amide bonds. The lowest BCUT2D eigenvalue weighted by Gasteiger charge is -2.06. The molecule has 0 spiro atoms. The van der Waals surface area contributed by atoms with Crippen molar-refractivity contribution in [2.75, 3.05) is 0 Å². The molecule has 0 N–H and O–H groups in total. The van der Waals surface area contributed by atoms with Crippen molar-refractivity contribution >= 4 is 0 Å². The van der Waals surface area contributed by atoms with Crippen LogP contribution in [0.4, 0.5) is 0 Å². The third-order valence-electron chi connectivity index (χ3n) is 7.10. The average Bonchev–Trinajstić information content (AvgIpc) is 3.19. The molecule has 0 bridgehead atoms. The first-order chi connectivity index (χ1) is 15.8. The standard InChI is InChI=1S/C30H59N2/c1-4-7-10-11-12-13-14-15-16-17-18-19-20-21-22-23-25-30-31(26-9-6-3)28-29-32(30)27-24-8-5-2/h28-29H,4-27H2,1-3H3/q+1. The summed E-state index contributed by atoms with van der Waals surface area (Å²) in [5.41, 5.74) is 0. The van der Waals surface area contributed by atoms with Gasteiger partial charge in [0.25, 0.3) is 5.82 Å². The Morgan fingerprint density at radius 2 is 0.969 bits per heavy atom. The number of imidazole rings is 1. The second-order valence-corrected chi connectivity index (χ2v) is 10.2. The van der Waals surface area contributed by atoms with Crippen molar-refractivity contribution in [3.8, 4) is 0 Å². The first-order valence-corrected chi connectivity index (χ1v) is 14.9. The zero-order chi connectivity index (χ0) is 23.1. The second-order valence-electron chi connectivity index (χ2n) is 10.2. The van der Waals surface area contributed by atoms with E-state index in [9.17, 15) is 0 Å². The van der Waals surface area contributed by atoms with E-state index >= 15 is 0 Å². The van der Waals surface area contributed by atoms with Gasteiger partial charge in [0.1, 0.15) is 12.4 Å². The van der Waals surface area contributed by atoms with E-state index in [2.05, 4.69) is 42.3 Å². The Hall–Kier alpha value is -0.790. The largest absolute Gasteiger partial charge is 0.256 e. The van der Waals surface area contributed by atoms with Crippen LogP contribution in [0.25, 0.3) is 0 Å². The van der Waals surface area contributed by atoms with Gasteiger partial charge in [-0.05, 0) is 25.7 Å². The first-order valence-electron chi connectivity index (χ1n) is 14.9. The lowest BCUT2D eigenvalue weighted by Crippen LogP contribution is -2.37. The minimum absolute atomic E-state index is 1.20. The van der Waals surface area contributed by atoms with E-state index in [-0.39, 0.29) is 0 Å². The fourth-order valence-electron chi connectivity index (χ4n) is 4.88. The number of aromatic nitrogens is 2. The maximum atomic E-state index is 2.55. The molecule has 32 heavy (non-hydrogen) atoms. The number of hydrogen-bond acceptors (Lipinski definition) is 0. The number of rotatable bonds is 24. The van der Waals surface area contributed by atoms with E-state index in [1.165, 1.54) is 154 Å². The van der Waals surface area contributed by atoms with Crippen molar-refractivity contribution in [2.24, 2.45) is 0 Å². The normalized spacial score (nSPS) is 11.5. The lowest BCUT2D eigenvalue weighted by molar-refractivity contribution is -0.704. The summed E-state index contributed by atoms with van der Waals surface area (Å²) in [5, 5.41) is 0. The van der Waals surface area contributed by atoms with Gasteiger partial charge in [-0.25, -0.2) is 9.13 Å². The molecule has 0 aromatic carbocycles. The molecular weight excluding hydrogens is 388 g/mol. The molecule has 1 aromatic rings. The predicted molar refractivity (Wildman–Crippen MR) is 142 cm³/mol. The number of unbranched alkanes of at least 4 members (excludes halogenated alkanes) is 18. The number of nitrogens with zero attached hydrogens (tertiary/aromatic N) is 2. The molecule has 0 unspecified atom stereocenters. The third kappa shape index (κ3) is 15.1. The number of hydrogen-bond donors (Lipinski definition) is 0. The van der Waals surface area contributed by atoms with Crippen LogP contribution in [-0.4, -0.2) is 4.57 Å². The number of aryl methyl sites for hydroxylation is 2. The Bertz CT molecular complexity index is 505. The molecule has 2 heteroatoms. The van der Waals surface area contributed by atoms with Crippen molar-refractivity contribution < 1.29 is 4.57 Å². The summed E-state index contributed by atoms with van der Waals surface area (Å²) in [7, 11) is 0. The van der Waals surface area contributed by atoms with E-state index in [0.29, 0.717) is 0 Å². The van der Waals surface area contributed by atoms with E-state index in [1.54, 1.807) is 5.82 Å². The molecule has 0 fully saturated rings. The molecule has 0 radical (unpaired) electrons. The van der Waals surface area contributed by atoms with Crippen molar-refractivity contribution in [1.82, 2.24) is 4.57 Å². The smallest absolute Gasteiger partial charge is 0.234 e. The third-order valence-corrected chi connectivity index (χ3v) is 7.10. The van der Waals surface area contributed by atoms with Crippen LogP contribution in [0.1, 0.15) is 161 Å². The highest BCUT2D eigenvalue weighted by Crippen LogP contribution is 2.14. The van der Waals surface area contributed by atoms with Gasteiger partial charge in [0, 0.05) is 6.42 Å². The van der Waals surface area contributed by atoms with Crippen LogP contribution in [-0.2, 0) is 19.5 Å². The Morgan fingerprint density at radius 1 is 0.531 bits per heavy atom. The van der Waals surface area contributed by atoms with Gasteiger partial charge in [0.05, 0.1) is 13.1 Å². The minimum atomic E-state index is 1.20. The maximum Gasteiger partial charge on any atom is 0.256 e. The Labute approximate surface area is 202 Å². The highest BCUT2D eigenvalue weighted by molar-refractivity contribution is 4.84. The van der Waals surface area contributed by atoms with E-state index in [0.717, 1.165) is 0 Å². The van der Waals surface area contributed by atoms with E-state index in [1.807, 2.05) is 0 Å². The second kappa shape index (κ2) is 22.0. The molecule has 0 aliphatic heterocycles. The minimum Gasteiger partial charge on any atom is -0.234 e. The molecule has 1 rings (SSSR count). The van der Waals surface area contributed by atoms with Gasteiger partial charge in [-0.3, -0.25) is 0 Å². The summed E-state index contributed by atoms with van der Waals surface area (Å²) in [6.07, 6.45) is 35.7. The molecule has 1 heterocycles. The van der Waals surface area contributed by atoms with Crippen LogP contribution in [0.2, 0.25) is 0 Å². The highest BCUT2D eigenvalue weighted by Gasteiger charge is 2.16. The average molecular weight is 448 g/mol. The van der Waals surface area contributed by atoms with Crippen LogP contribution < -0.4 is 4.57 Å². The van der Waals surface area contributed by atoms with Gasteiger partial charge in [-0.1, -0.05) is 130 Å². The fourth-order valence-corrected chi connectivity index (χ4v) is 4.88. The Balaban J connectivity index is 2.03. The fraction of sp³-hybridized carbons (Fsp3) is 0.900. The quantitative estimate of drug-likeness (QED) is 0.110. The summed E-state index contributed by atoms with van der Waals surface area (Å²) >= 11 is 0. The van der Waals surface area contributed by atoms with Gasteiger partial charge < -0.3 is 0 Å². The van der Waals surface area contributed by atoms with Crippen molar-refractivity contribution in [2.45, 2.75) is 175 Å². The first kappa shape index (κ1) is 29.2. The van der Waals surface area contributed by atoms with E-state index in [4.69, 9.17) is 0 Å². The maximum absolute atomic E-state index is 2.55. The Kier molecular flexibility index (Phi) is 20.1. The molecule has 2 nitrogen and oxygen atoms in total. The molecule has 188 valence electrons. The van der Waals surface area contributed by atoms with Crippen molar-refractivity contribution in [3.63, 3.8) is 0 Å². The van der Waals surface area contributed by atoms with Gasteiger partial charge in [-0.2, -0.15) is 0 Å².